The Morgan fingerprint density at radius 1 is 1.29 bits per heavy atom. The van der Waals surface area contributed by atoms with Gasteiger partial charge in [0.25, 0.3) is 10.0 Å². The molecule has 0 N–H and O–H groups in total. The van der Waals surface area contributed by atoms with Gasteiger partial charge in [0.15, 0.2) is 11.5 Å². The third-order valence-electron chi connectivity index (χ3n) is 4.53. The van der Waals surface area contributed by atoms with Crippen molar-refractivity contribution in [1.82, 2.24) is 4.31 Å². The first-order valence-electron chi connectivity index (χ1n) is 8.71. The van der Waals surface area contributed by atoms with Crippen LogP contribution in [-0.4, -0.2) is 38.9 Å². The number of rotatable bonds is 5. The van der Waals surface area contributed by atoms with Crippen molar-refractivity contribution in [1.29, 1.82) is 5.26 Å². The molecule has 7 nitrogen and oxygen atoms in total. The van der Waals surface area contributed by atoms with Crippen LogP contribution in [0.4, 0.5) is 0 Å². The summed E-state index contributed by atoms with van der Waals surface area (Å²) in [5.74, 6) is -0.586. The standard InChI is InChI=1S/C19H20N2O5S2/c1-13-5-8-18(27-13)28(23,24)21-9-3-4-15(12-21)19(22)26-16-7-6-14(11-20)10-17(16)25-2/h5-8,10,15H,3-4,9,12H2,1-2H3. The molecule has 2 heterocycles. The number of benzene rings is 1. The Kier molecular flexibility index (Phi) is 6.03. The summed E-state index contributed by atoms with van der Waals surface area (Å²) in [5, 5.41) is 8.96. The van der Waals surface area contributed by atoms with Gasteiger partial charge in [-0.25, -0.2) is 8.42 Å². The van der Waals surface area contributed by atoms with E-state index in [1.165, 1.54) is 41.0 Å². The van der Waals surface area contributed by atoms with Crippen LogP contribution in [0.1, 0.15) is 23.3 Å². The van der Waals surface area contributed by atoms with Crippen molar-refractivity contribution < 1.29 is 22.7 Å². The zero-order valence-corrected chi connectivity index (χ0v) is 17.2. The summed E-state index contributed by atoms with van der Waals surface area (Å²) in [5.41, 5.74) is 0.387. The summed E-state index contributed by atoms with van der Waals surface area (Å²) in [7, 11) is -2.20. The maximum atomic E-state index is 12.8. The topological polar surface area (TPSA) is 96.7 Å². The summed E-state index contributed by atoms with van der Waals surface area (Å²) >= 11 is 1.22. The molecule has 1 fully saturated rings. The molecule has 1 saturated heterocycles. The zero-order valence-electron chi connectivity index (χ0n) is 15.5. The van der Waals surface area contributed by atoms with Gasteiger partial charge < -0.3 is 9.47 Å². The SMILES string of the molecule is COc1cc(C#N)ccc1OC(=O)C1CCCN(S(=O)(=O)c2ccc(C)s2)C1. The molecule has 9 heteroatoms. The molecule has 28 heavy (non-hydrogen) atoms. The van der Waals surface area contributed by atoms with Crippen LogP contribution in [0.5, 0.6) is 11.5 Å². The molecule has 0 radical (unpaired) electrons. The van der Waals surface area contributed by atoms with Gasteiger partial charge in [0.2, 0.25) is 0 Å². The smallest absolute Gasteiger partial charge is 0.315 e. The Balaban J connectivity index is 1.74. The van der Waals surface area contributed by atoms with E-state index in [1.54, 1.807) is 12.1 Å². The fourth-order valence-electron chi connectivity index (χ4n) is 3.04. The predicted octanol–water partition coefficient (Wildman–Crippen LogP) is 2.94. The van der Waals surface area contributed by atoms with E-state index < -0.39 is 21.9 Å². The minimum atomic E-state index is -3.62. The van der Waals surface area contributed by atoms with Crippen LogP contribution in [0.2, 0.25) is 0 Å². The second kappa shape index (κ2) is 8.31. The molecule has 148 valence electrons. The van der Waals surface area contributed by atoms with Crippen molar-refractivity contribution in [3.05, 3.63) is 40.8 Å². The van der Waals surface area contributed by atoms with Crippen molar-refractivity contribution in [3.8, 4) is 17.6 Å². The van der Waals surface area contributed by atoms with Crippen LogP contribution in [0.25, 0.3) is 0 Å². The minimum absolute atomic E-state index is 0.0801. The Hall–Kier alpha value is -2.41. The second-order valence-electron chi connectivity index (χ2n) is 6.47. The van der Waals surface area contributed by atoms with Gasteiger partial charge in [0.05, 0.1) is 24.7 Å². The number of piperidine rings is 1. The predicted molar refractivity (Wildman–Crippen MR) is 104 cm³/mol. The van der Waals surface area contributed by atoms with E-state index in [2.05, 4.69) is 0 Å². The molecule has 1 aromatic carbocycles. The van der Waals surface area contributed by atoms with Crippen molar-refractivity contribution in [2.24, 2.45) is 5.92 Å². The summed E-state index contributed by atoms with van der Waals surface area (Å²) in [6, 6.07) is 9.87. The molecule has 3 rings (SSSR count). The molecule has 1 unspecified atom stereocenters. The Bertz CT molecular complexity index is 1020. The van der Waals surface area contributed by atoms with Crippen molar-refractivity contribution in [2.45, 2.75) is 24.0 Å². The van der Waals surface area contributed by atoms with Crippen molar-refractivity contribution in [3.63, 3.8) is 0 Å². The molecule has 0 aliphatic carbocycles. The van der Waals surface area contributed by atoms with E-state index in [1.807, 2.05) is 13.0 Å². The van der Waals surface area contributed by atoms with E-state index in [0.717, 1.165) is 4.88 Å². The van der Waals surface area contributed by atoms with Gasteiger partial charge in [-0.15, -0.1) is 11.3 Å². The van der Waals surface area contributed by atoms with E-state index in [0.29, 0.717) is 24.9 Å². The second-order valence-corrected chi connectivity index (χ2v) is 9.92. The van der Waals surface area contributed by atoms with Crippen LogP contribution in [0, 0.1) is 24.2 Å². The van der Waals surface area contributed by atoms with E-state index in [-0.39, 0.29) is 22.3 Å². The molecule has 1 aromatic heterocycles. The Labute approximate surface area is 168 Å². The lowest BCUT2D eigenvalue weighted by Crippen LogP contribution is -2.43. The number of methoxy groups -OCH3 is 1. The number of nitriles is 1. The Morgan fingerprint density at radius 2 is 2.07 bits per heavy atom. The van der Waals surface area contributed by atoms with Gasteiger partial charge in [-0.3, -0.25) is 4.79 Å². The zero-order chi connectivity index (χ0) is 20.3. The van der Waals surface area contributed by atoms with Gasteiger partial charge in [-0.05, 0) is 44.0 Å². The lowest BCUT2D eigenvalue weighted by Gasteiger charge is -2.30. The molecule has 0 amide bonds. The average molecular weight is 421 g/mol. The van der Waals surface area contributed by atoms with Crippen LogP contribution < -0.4 is 9.47 Å². The first-order chi connectivity index (χ1) is 13.3. The van der Waals surface area contributed by atoms with Crippen LogP contribution in [0.3, 0.4) is 0 Å². The van der Waals surface area contributed by atoms with Crippen molar-refractivity contribution in [2.75, 3.05) is 20.2 Å². The molecular weight excluding hydrogens is 400 g/mol. The highest BCUT2D eigenvalue weighted by Crippen LogP contribution is 2.31. The number of carbonyl (C=O) groups is 1. The number of sulfonamides is 1. The first-order valence-corrected chi connectivity index (χ1v) is 11.0. The number of thiophene rings is 1. The van der Waals surface area contributed by atoms with Crippen LogP contribution in [-0.2, 0) is 14.8 Å². The molecule has 1 atom stereocenters. The molecule has 1 aliphatic rings. The quantitative estimate of drug-likeness (QED) is 0.545. The molecule has 2 aromatic rings. The monoisotopic (exact) mass is 420 g/mol. The number of hydrogen-bond donors (Lipinski definition) is 0. The Morgan fingerprint density at radius 3 is 2.71 bits per heavy atom. The van der Waals surface area contributed by atoms with Gasteiger partial charge in [0.1, 0.15) is 4.21 Å². The summed E-state index contributed by atoms with van der Waals surface area (Å²) in [6.45, 7) is 2.31. The molecule has 0 saturated carbocycles. The third-order valence-corrected chi connectivity index (χ3v) is 7.86. The molecule has 0 bridgehead atoms. The molecule has 0 spiro atoms. The number of ether oxygens (including phenoxy) is 2. The van der Waals surface area contributed by atoms with Crippen LogP contribution >= 0.6 is 11.3 Å². The summed E-state index contributed by atoms with van der Waals surface area (Å²) in [4.78, 5) is 13.6. The fourth-order valence-corrected chi connectivity index (χ4v) is 6.01. The number of esters is 1. The number of carbonyl (C=O) groups excluding carboxylic acids is 1. The van der Waals surface area contributed by atoms with Gasteiger partial charge >= 0.3 is 5.97 Å². The highest BCUT2D eigenvalue weighted by Gasteiger charge is 2.35. The molecule has 1 aliphatic heterocycles. The van der Waals surface area contributed by atoms with Crippen molar-refractivity contribution >= 4 is 27.3 Å². The summed E-state index contributed by atoms with van der Waals surface area (Å²) in [6.07, 6.45) is 1.13. The van der Waals surface area contributed by atoms with Gasteiger partial charge in [-0.2, -0.15) is 9.57 Å². The number of nitrogens with zero attached hydrogens (tertiary/aromatic N) is 2. The minimum Gasteiger partial charge on any atom is -0.493 e. The highest BCUT2D eigenvalue weighted by molar-refractivity contribution is 7.91. The third kappa shape index (κ3) is 4.19. The van der Waals surface area contributed by atoms with E-state index in [4.69, 9.17) is 14.7 Å². The summed E-state index contributed by atoms with van der Waals surface area (Å²) < 4.78 is 37.9. The molecular formula is C19H20N2O5S2. The largest absolute Gasteiger partial charge is 0.493 e. The first kappa shape index (κ1) is 20.3. The van der Waals surface area contributed by atoms with E-state index in [9.17, 15) is 13.2 Å². The maximum absolute atomic E-state index is 12.8. The number of hydrogen-bond acceptors (Lipinski definition) is 7. The average Bonchev–Trinajstić information content (AvgIpc) is 3.15. The lowest BCUT2D eigenvalue weighted by atomic mass is 10.00. The van der Waals surface area contributed by atoms with E-state index >= 15 is 0 Å². The normalized spacial score (nSPS) is 17.7. The number of aryl methyl sites for hydroxylation is 1. The van der Waals surface area contributed by atoms with Gasteiger partial charge in [-0.1, -0.05) is 0 Å². The van der Waals surface area contributed by atoms with Crippen LogP contribution in [0.15, 0.2) is 34.5 Å². The van der Waals surface area contributed by atoms with Gasteiger partial charge in [0, 0.05) is 24.0 Å². The highest BCUT2D eigenvalue weighted by atomic mass is 32.2. The lowest BCUT2D eigenvalue weighted by molar-refractivity contribution is -0.140. The maximum Gasteiger partial charge on any atom is 0.315 e. The fraction of sp³-hybridized carbons (Fsp3) is 0.368.